The van der Waals surface area contributed by atoms with Gasteiger partial charge < -0.3 is 5.11 Å². The van der Waals surface area contributed by atoms with Gasteiger partial charge in [0.15, 0.2) is 0 Å². The number of hydrogen-bond donors (Lipinski definition) is 1. The summed E-state index contributed by atoms with van der Waals surface area (Å²) < 4.78 is 0. The third kappa shape index (κ3) is 2.76. The summed E-state index contributed by atoms with van der Waals surface area (Å²) in [4.78, 5) is 1.29. The predicted molar refractivity (Wildman–Crippen MR) is 63.1 cm³/mol. The molecule has 1 atom stereocenters. The molecule has 2 heteroatoms. The summed E-state index contributed by atoms with van der Waals surface area (Å²) >= 11 is 1.74. The van der Waals surface area contributed by atoms with E-state index in [0.29, 0.717) is 0 Å². The fourth-order valence-corrected chi connectivity index (χ4v) is 2.31. The minimum atomic E-state index is 0.233. The quantitative estimate of drug-likeness (QED) is 0.774. The molecule has 0 amide bonds. The number of rotatable bonds is 3. The number of thioether (sulfide) groups is 1. The van der Waals surface area contributed by atoms with E-state index in [1.807, 2.05) is 6.92 Å². The second-order valence-electron chi connectivity index (χ2n) is 3.81. The van der Waals surface area contributed by atoms with E-state index in [-0.39, 0.29) is 11.9 Å². The van der Waals surface area contributed by atoms with Crippen molar-refractivity contribution in [3.05, 3.63) is 28.8 Å². The number of hydrogen-bond acceptors (Lipinski definition) is 2. The van der Waals surface area contributed by atoms with Crippen LogP contribution in [0.15, 0.2) is 17.0 Å². The normalized spacial score (nSPS) is 12.9. The lowest BCUT2D eigenvalue weighted by Gasteiger charge is -2.12. The van der Waals surface area contributed by atoms with Crippen LogP contribution in [-0.2, 0) is 0 Å². The Hall–Kier alpha value is -0.470. The molecule has 78 valence electrons. The maximum absolute atomic E-state index is 8.99. The summed E-state index contributed by atoms with van der Waals surface area (Å²) in [6.07, 6.45) is 0. The van der Waals surface area contributed by atoms with Crippen molar-refractivity contribution in [3.63, 3.8) is 0 Å². The number of aryl methyl sites for hydroxylation is 3. The lowest BCUT2D eigenvalue weighted by Crippen LogP contribution is -2.02. The molecule has 0 aromatic heterocycles. The number of benzene rings is 1. The molecule has 0 radical (unpaired) electrons. The predicted octanol–water partition coefficient (Wildman–Crippen LogP) is 3.08. The highest BCUT2D eigenvalue weighted by molar-refractivity contribution is 8.00. The average molecular weight is 210 g/mol. The minimum absolute atomic E-state index is 0.233. The summed E-state index contributed by atoms with van der Waals surface area (Å²) in [6.45, 7) is 8.66. The number of aliphatic hydroxyl groups is 1. The van der Waals surface area contributed by atoms with Crippen LogP contribution in [0.2, 0.25) is 0 Å². The van der Waals surface area contributed by atoms with E-state index in [0.717, 1.165) is 0 Å². The fourth-order valence-electron chi connectivity index (χ4n) is 1.32. The number of aliphatic hydroxyl groups excluding tert-OH is 1. The van der Waals surface area contributed by atoms with Gasteiger partial charge in [-0.25, -0.2) is 0 Å². The second-order valence-corrected chi connectivity index (χ2v) is 5.29. The van der Waals surface area contributed by atoms with Crippen LogP contribution >= 0.6 is 11.8 Å². The smallest absolute Gasteiger partial charge is 0.0550 e. The van der Waals surface area contributed by atoms with E-state index >= 15 is 0 Å². The maximum Gasteiger partial charge on any atom is 0.0550 e. The Morgan fingerprint density at radius 1 is 1.14 bits per heavy atom. The molecule has 0 fully saturated rings. The molecule has 14 heavy (non-hydrogen) atoms. The zero-order valence-electron chi connectivity index (χ0n) is 9.29. The average Bonchev–Trinajstić information content (AvgIpc) is 2.14. The third-order valence-electron chi connectivity index (χ3n) is 2.38. The summed E-state index contributed by atoms with van der Waals surface area (Å²) in [5.41, 5.74) is 3.96. The van der Waals surface area contributed by atoms with Gasteiger partial charge in [-0.3, -0.25) is 0 Å². The molecule has 0 aliphatic heterocycles. The van der Waals surface area contributed by atoms with Gasteiger partial charge in [-0.2, -0.15) is 0 Å². The van der Waals surface area contributed by atoms with E-state index in [1.54, 1.807) is 11.8 Å². The highest BCUT2D eigenvalue weighted by Crippen LogP contribution is 2.28. The van der Waals surface area contributed by atoms with Gasteiger partial charge in [0.1, 0.15) is 0 Å². The van der Waals surface area contributed by atoms with Crippen molar-refractivity contribution < 1.29 is 5.11 Å². The van der Waals surface area contributed by atoms with Crippen LogP contribution in [0, 0.1) is 20.8 Å². The van der Waals surface area contributed by atoms with Crippen LogP contribution in [0.4, 0.5) is 0 Å². The second kappa shape index (κ2) is 4.85. The first kappa shape index (κ1) is 11.6. The van der Waals surface area contributed by atoms with Gasteiger partial charge in [-0.1, -0.05) is 13.0 Å². The molecule has 1 nitrogen and oxygen atoms in total. The molecule has 0 spiro atoms. The van der Waals surface area contributed by atoms with Crippen LogP contribution < -0.4 is 0 Å². The Balaban J connectivity index is 2.92. The van der Waals surface area contributed by atoms with Crippen LogP contribution in [0.5, 0.6) is 0 Å². The summed E-state index contributed by atoms with van der Waals surface area (Å²) in [5, 5.41) is 9.26. The van der Waals surface area contributed by atoms with E-state index in [2.05, 4.69) is 32.9 Å². The SMILES string of the molecule is Cc1cc(C)c(SC(C)CO)cc1C. The molecule has 0 aliphatic carbocycles. The molecule has 1 rings (SSSR count). The van der Waals surface area contributed by atoms with Gasteiger partial charge >= 0.3 is 0 Å². The van der Waals surface area contributed by atoms with Gasteiger partial charge in [-0.05, 0) is 43.5 Å². The molecular formula is C12H18OS. The molecule has 0 bridgehead atoms. The Kier molecular flexibility index (Phi) is 4.02. The Labute approximate surface area is 90.5 Å². The maximum atomic E-state index is 8.99. The van der Waals surface area contributed by atoms with Crippen molar-refractivity contribution in [3.8, 4) is 0 Å². The van der Waals surface area contributed by atoms with Crippen LogP contribution in [0.1, 0.15) is 23.6 Å². The van der Waals surface area contributed by atoms with E-state index in [4.69, 9.17) is 5.11 Å². The van der Waals surface area contributed by atoms with Crippen molar-refractivity contribution >= 4 is 11.8 Å². The zero-order valence-corrected chi connectivity index (χ0v) is 10.1. The van der Waals surface area contributed by atoms with Gasteiger partial charge in [0.25, 0.3) is 0 Å². The molecule has 1 unspecified atom stereocenters. The van der Waals surface area contributed by atoms with Crippen LogP contribution in [0.25, 0.3) is 0 Å². The Morgan fingerprint density at radius 3 is 2.29 bits per heavy atom. The van der Waals surface area contributed by atoms with E-state index < -0.39 is 0 Å². The third-order valence-corrected chi connectivity index (χ3v) is 3.62. The van der Waals surface area contributed by atoms with E-state index in [1.165, 1.54) is 21.6 Å². The molecule has 0 saturated carbocycles. The summed E-state index contributed by atoms with van der Waals surface area (Å²) in [6, 6.07) is 4.42. The molecular weight excluding hydrogens is 192 g/mol. The van der Waals surface area contributed by atoms with Crippen LogP contribution in [-0.4, -0.2) is 17.0 Å². The van der Waals surface area contributed by atoms with Crippen LogP contribution in [0.3, 0.4) is 0 Å². The largest absolute Gasteiger partial charge is 0.395 e. The van der Waals surface area contributed by atoms with Gasteiger partial charge in [0.2, 0.25) is 0 Å². The van der Waals surface area contributed by atoms with Crippen molar-refractivity contribution in [2.45, 2.75) is 37.8 Å². The van der Waals surface area contributed by atoms with Crippen molar-refractivity contribution in [1.29, 1.82) is 0 Å². The molecule has 0 saturated heterocycles. The highest BCUT2D eigenvalue weighted by Gasteiger charge is 2.06. The zero-order chi connectivity index (χ0) is 10.7. The van der Waals surface area contributed by atoms with E-state index in [9.17, 15) is 0 Å². The highest BCUT2D eigenvalue weighted by atomic mass is 32.2. The fraction of sp³-hybridized carbons (Fsp3) is 0.500. The topological polar surface area (TPSA) is 20.2 Å². The molecule has 1 N–H and O–H groups in total. The van der Waals surface area contributed by atoms with Crippen molar-refractivity contribution in [1.82, 2.24) is 0 Å². The van der Waals surface area contributed by atoms with Crippen molar-refractivity contribution in [2.24, 2.45) is 0 Å². The summed E-state index contributed by atoms with van der Waals surface area (Å²) in [5.74, 6) is 0. The lowest BCUT2D eigenvalue weighted by atomic mass is 10.1. The van der Waals surface area contributed by atoms with Gasteiger partial charge in [-0.15, -0.1) is 11.8 Å². The van der Waals surface area contributed by atoms with Crippen molar-refractivity contribution in [2.75, 3.05) is 6.61 Å². The summed E-state index contributed by atoms with van der Waals surface area (Å²) in [7, 11) is 0. The standard InChI is InChI=1S/C12H18OS/c1-8-5-10(3)12(6-9(8)2)14-11(4)7-13/h5-6,11,13H,7H2,1-4H3. The minimum Gasteiger partial charge on any atom is -0.395 e. The first-order valence-electron chi connectivity index (χ1n) is 4.90. The first-order chi connectivity index (χ1) is 6.54. The molecule has 1 aromatic carbocycles. The molecule has 0 aliphatic rings. The first-order valence-corrected chi connectivity index (χ1v) is 5.78. The van der Waals surface area contributed by atoms with Gasteiger partial charge in [0, 0.05) is 10.1 Å². The Morgan fingerprint density at radius 2 is 1.71 bits per heavy atom. The monoisotopic (exact) mass is 210 g/mol. The van der Waals surface area contributed by atoms with Gasteiger partial charge in [0.05, 0.1) is 6.61 Å². The molecule has 0 heterocycles. The molecule has 1 aromatic rings. The Bertz CT molecular complexity index is 320. The lowest BCUT2D eigenvalue weighted by molar-refractivity contribution is 0.300.